The van der Waals surface area contributed by atoms with Crippen LogP contribution in [0.25, 0.3) is 0 Å². The van der Waals surface area contributed by atoms with Gasteiger partial charge in [-0.05, 0) is 24.0 Å². The van der Waals surface area contributed by atoms with Gasteiger partial charge in [-0.15, -0.1) is 0 Å². The zero-order valence-electron chi connectivity index (χ0n) is 13.6. The lowest BCUT2D eigenvalue weighted by Gasteiger charge is -2.15. The van der Waals surface area contributed by atoms with Crippen LogP contribution < -0.4 is 10.6 Å². The monoisotopic (exact) mass is 299 g/mol. The quantitative estimate of drug-likeness (QED) is 0.635. The summed E-state index contributed by atoms with van der Waals surface area (Å²) >= 11 is 0. The second-order valence-electron chi connectivity index (χ2n) is 5.40. The maximum Gasteiger partial charge on any atom is 0.191 e. The van der Waals surface area contributed by atoms with Crippen molar-refractivity contribution >= 4 is 5.96 Å². The predicted molar refractivity (Wildman–Crippen MR) is 90.9 cm³/mol. The summed E-state index contributed by atoms with van der Waals surface area (Å²) in [5.74, 6) is 1.35. The first kappa shape index (κ1) is 16.1. The first-order valence-corrected chi connectivity index (χ1v) is 7.67. The van der Waals surface area contributed by atoms with Gasteiger partial charge in [0.05, 0.1) is 12.2 Å². The molecule has 5 heteroatoms. The van der Waals surface area contributed by atoms with Crippen molar-refractivity contribution in [2.24, 2.45) is 12.0 Å². The van der Waals surface area contributed by atoms with Crippen molar-refractivity contribution in [2.75, 3.05) is 13.6 Å². The average Bonchev–Trinajstić information content (AvgIpc) is 2.96. The van der Waals surface area contributed by atoms with Crippen molar-refractivity contribution in [2.45, 2.75) is 25.8 Å². The fraction of sp³-hybridized carbons (Fsp3) is 0.412. The molecule has 0 spiro atoms. The standard InChI is InChI=1S/C17H25N5/c1-14(15-7-5-4-6-8-15)9-11-19-17(18-2)20-13-16-10-12-21-22(16)3/h4-8,10,12,14H,9,11,13H2,1-3H3,(H2,18,19,20). The number of hydrogen-bond acceptors (Lipinski definition) is 2. The molecular formula is C17H25N5. The molecule has 0 aliphatic carbocycles. The smallest absolute Gasteiger partial charge is 0.191 e. The summed E-state index contributed by atoms with van der Waals surface area (Å²) in [7, 11) is 3.73. The number of aromatic nitrogens is 2. The van der Waals surface area contributed by atoms with Crippen LogP contribution in [0.5, 0.6) is 0 Å². The number of aryl methyl sites for hydroxylation is 1. The minimum Gasteiger partial charge on any atom is -0.356 e. The number of benzene rings is 1. The molecule has 1 unspecified atom stereocenters. The Kier molecular flexibility index (Phi) is 6.01. The van der Waals surface area contributed by atoms with Crippen molar-refractivity contribution in [1.29, 1.82) is 0 Å². The Morgan fingerprint density at radius 3 is 2.64 bits per heavy atom. The van der Waals surface area contributed by atoms with Gasteiger partial charge >= 0.3 is 0 Å². The Labute approximate surface area is 132 Å². The molecule has 22 heavy (non-hydrogen) atoms. The summed E-state index contributed by atoms with van der Waals surface area (Å²) in [5.41, 5.74) is 2.50. The molecule has 0 bridgehead atoms. The Balaban J connectivity index is 1.74. The van der Waals surface area contributed by atoms with E-state index in [1.54, 1.807) is 13.2 Å². The molecule has 118 valence electrons. The highest BCUT2D eigenvalue weighted by Gasteiger charge is 2.05. The van der Waals surface area contributed by atoms with Crippen molar-refractivity contribution in [3.63, 3.8) is 0 Å². The van der Waals surface area contributed by atoms with Crippen molar-refractivity contribution < 1.29 is 0 Å². The topological polar surface area (TPSA) is 54.2 Å². The van der Waals surface area contributed by atoms with Crippen LogP contribution in [-0.2, 0) is 13.6 Å². The lowest BCUT2D eigenvalue weighted by molar-refractivity contribution is 0.645. The molecule has 0 aliphatic heterocycles. The van der Waals surface area contributed by atoms with Gasteiger partial charge in [-0.3, -0.25) is 9.67 Å². The van der Waals surface area contributed by atoms with E-state index in [0.29, 0.717) is 12.5 Å². The fourth-order valence-electron chi connectivity index (χ4n) is 2.32. The van der Waals surface area contributed by atoms with E-state index in [1.807, 2.05) is 17.8 Å². The van der Waals surface area contributed by atoms with E-state index in [2.05, 4.69) is 58.0 Å². The second kappa shape index (κ2) is 8.22. The third kappa shape index (κ3) is 4.62. The zero-order chi connectivity index (χ0) is 15.8. The summed E-state index contributed by atoms with van der Waals surface area (Å²) in [6, 6.07) is 12.6. The molecule has 1 heterocycles. The number of nitrogens with one attached hydrogen (secondary N) is 2. The summed E-state index contributed by atoms with van der Waals surface area (Å²) in [4.78, 5) is 4.25. The van der Waals surface area contributed by atoms with Crippen LogP contribution in [-0.4, -0.2) is 29.3 Å². The largest absolute Gasteiger partial charge is 0.356 e. The van der Waals surface area contributed by atoms with Gasteiger partial charge in [-0.1, -0.05) is 37.3 Å². The number of nitrogens with zero attached hydrogens (tertiary/aromatic N) is 3. The lowest BCUT2D eigenvalue weighted by atomic mass is 9.98. The van der Waals surface area contributed by atoms with Gasteiger partial charge in [0.25, 0.3) is 0 Å². The van der Waals surface area contributed by atoms with E-state index >= 15 is 0 Å². The molecular weight excluding hydrogens is 274 g/mol. The lowest BCUT2D eigenvalue weighted by Crippen LogP contribution is -2.38. The predicted octanol–water partition coefficient (Wildman–Crippen LogP) is 2.28. The summed E-state index contributed by atoms with van der Waals surface area (Å²) < 4.78 is 1.86. The highest BCUT2D eigenvalue weighted by Crippen LogP contribution is 2.17. The molecule has 1 aromatic heterocycles. The van der Waals surface area contributed by atoms with Gasteiger partial charge < -0.3 is 10.6 Å². The van der Waals surface area contributed by atoms with E-state index in [-0.39, 0.29) is 0 Å². The zero-order valence-corrected chi connectivity index (χ0v) is 13.6. The SMILES string of the molecule is CN=C(NCCC(C)c1ccccc1)NCc1ccnn1C. The third-order valence-electron chi connectivity index (χ3n) is 3.82. The van der Waals surface area contributed by atoms with Crippen LogP contribution in [0.1, 0.15) is 30.5 Å². The minimum absolute atomic E-state index is 0.531. The molecule has 2 rings (SSSR count). The molecule has 1 atom stereocenters. The van der Waals surface area contributed by atoms with E-state index in [1.165, 1.54) is 5.56 Å². The Hall–Kier alpha value is -2.30. The summed E-state index contributed by atoms with van der Waals surface area (Å²) in [6.45, 7) is 3.86. The van der Waals surface area contributed by atoms with E-state index in [0.717, 1.165) is 24.6 Å². The molecule has 5 nitrogen and oxygen atoms in total. The van der Waals surface area contributed by atoms with Crippen LogP contribution in [0.15, 0.2) is 47.6 Å². The Bertz CT molecular complexity index is 588. The second-order valence-corrected chi connectivity index (χ2v) is 5.40. The van der Waals surface area contributed by atoms with Gasteiger partial charge in [0.1, 0.15) is 0 Å². The number of hydrogen-bond donors (Lipinski definition) is 2. The summed E-state index contributed by atoms with van der Waals surface area (Å²) in [6.07, 6.45) is 2.87. The van der Waals surface area contributed by atoms with Gasteiger partial charge in [-0.2, -0.15) is 5.10 Å². The van der Waals surface area contributed by atoms with Gasteiger partial charge in [0.15, 0.2) is 5.96 Å². The molecule has 2 N–H and O–H groups in total. The van der Waals surface area contributed by atoms with Gasteiger partial charge in [-0.25, -0.2) is 0 Å². The highest BCUT2D eigenvalue weighted by atomic mass is 15.3. The first-order chi connectivity index (χ1) is 10.7. The Morgan fingerprint density at radius 1 is 1.23 bits per heavy atom. The van der Waals surface area contributed by atoms with Crippen LogP contribution in [0.4, 0.5) is 0 Å². The van der Waals surface area contributed by atoms with Crippen LogP contribution in [0.2, 0.25) is 0 Å². The third-order valence-corrected chi connectivity index (χ3v) is 3.82. The van der Waals surface area contributed by atoms with E-state index in [4.69, 9.17) is 0 Å². The number of guanidine groups is 1. The van der Waals surface area contributed by atoms with Crippen molar-refractivity contribution in [1.82, 2.24) is 20.4 Å². The first-order valence-electron chi connectivity index (χ1n) is 7.67. The minimum atomic E-state index is 0.531. The molecule has 0 saturated carbocycles. The van der Waals surface area contributed by atoms with E-state index < -0.39 is 0 Å². The van der Waals surface area contributed by atoms with Crippen LogP contribution >= 0.6 is 0 Å². The van der Waals surface area contributed by atoms with Crippen LogP contribution in [0.3, 0.4) is 0 Å². The van der Waals surface area contributed by atoms with Crippen LogP contribution in [0, 0.1) is 0 Å². The normalized spacial score (nSPS) is 13.0. The number of aliphatic imine (C=N–C) groups is 1. The molecule has 0 saturated heterocycles. The molecule has 0 amide bonds. The van der Waals surface area contributed by atoms with Gasteiger partial charge in [0.2, 0.25) is 0 Å². The molecule has 0 fully saturated rings. The molecule has 0 radical (unpaired) electrons. The van der Waals surface area contributed by atoms with Gasteiger partial charge in [0, 0.05) is 26.8 Å². The van der Waals surface area contributed by atoms with Crippen molar-refractivity contribution in [3.8, 4) is 0 Å². The molecule has 2 aromatic rings. The molecule has 0 aliphatic rings. The summed E-state index contributed by atoms with van der Waals surface area (Å²) in [5, 5.41) is 10.8. The highest BCUT2D eigenvalue weighted by molar-refractivity contribution is 5.79. The molecule has 1 aromatic carbocycles. The number of rotatable bonds is 6. The van der Waals surface area contributed by atoms with Crippen molar-refractivity contribution in [3.05, 3.63) is 53.9 Å². The maximum absolute atomic E-state index is 4.25. The Morgan fingerprint density at radius 2 is 2.00 bits per heavy atom. The fourth-order valence-corrected chi connectivity index (χ4v) is 2.32. The van der Waals surface area contributed by atoms with E-state index in [9.17, 15) is 0 Å². The maximum atomic E-state index is 4.25. The average molecular weight is 299 g/mol.